The summed E-state index contributed by atoms with van der Waals surface area (Å²) in [6.45, 7) is 7.25. The summed E-state index contributed by atoms with van der Waals surface area (Å²) >= 11 is 1.49. The van der Waals surface area contributed by atoms with Gasteiger partial charge in [-0.15, -0.1) is 11.3 Å². The van der Waals surface area contributed by atoms with Crippen LogP contribution in [0.2, 0.25) is 0 Å². The summed E-state index contributed by atoms with van der Waals surface area (Å²) in [5.41, 5.74) is 1.84. The third-order valence-electron chi connectivity index (χ3n) is 4.80. The highest BCUT2D eigenvalue weighted by molar-refractivity contribution is 7.17. The van der Waals surface area contributed by atoms with Crippen molar-refractivity contribution in [3.63, 3.8) is 0 Å². The van der Waals surface area contributed by atoms with Crippen LogP contribution in [-0.2, 0) is 0 Å². The summed E-state index contributed by atoms with van der Waals surface area (Å²) < 4.78 is 5.49. The Hall–Kier alpha value is -1.92. The zero-order valence-electron chi connectivity index (χ0n) is 15.7. The molecule has 0 radical (unpaired) electrons. The number of rotatable bonds is 6. The van der Waals surface area contributed by atoms with Crippen molar-refractivity contribution in [2.24, 2.45) is 5.92 Å². The smallest absolute Gasteiger partial charge is 0.265 e. The number of nitrogens with one attached hydrogen (secondary N) is 1. The number of hydrogen-bond donors (Lipinski definition) is 1. The maximum Gasteiger partial charge on any atom is 0.265 e. The van der Waals surface area contributed by atoms with Crippen molar-refractivity contribution >= 4 is 17.2 Å². The summed E-state index contributed by atoms with van der Waals surface area (Å²) in [6.07, 6.45) is 2.13. The number of aryl methyl sites for hydroxylation is 1. The Morgan fingerprint density at radius 2 is 2.00 bits per heavy atom. The summed E-state index contributed by atoms with van der Waals surface area (Å²) in [5, 5.41) is 4.12. The predicted octanol–water partition coefficient (Wildman–Crippen LogP) is 3.59. The molecule has 6 heteroatoms. The number of benzene rings is 1. The van der Waals surface area contributed by atoms with Crippen LogP contribution in [-0.4, -0.2) is 49.1 Å². The predicted molar refractivity (Wildman–Crippen MR) is 106 cm³/mol. The number of nitrogens with zero attached hydrogens (tertiary/aromatic N) is 2. The summed E-state index contributed by atoms with van der Waals surface area (Å²) in [7, 11) is 1.99. The normalized spacial score (nSPS) is 15.3. The molecule has 1 saturated heterocycles. The number of ether oxygens (including phenoxy) is 1. The Bertz CT molecular complexity index is 734. The standard InChI is InChI=1S/C20H27N3O2S/c1-4-25-17-7-5-16(6-8-17)19-22-14(2)18(26-19)20(24)23-11-9-15(10-12-23)13-21-3/h5-8,15,21H,4,9-13H2,1-3H3. The monoisotopic (exact) mass is 373 g/mol. The molecule has 0 unspecified atom stereocenters. The molecule has 26 heavy (non-hydrogen) atoms. The highest BCUT2D eigenvalue weighted by Crippen LogP contribution is 2.31. The van der Waals surface area contributed by atoms with Crippen LogP contribution in [0.3, 0.4) is 0 Å². The molecule has 3 rings (SSSR count). The van der Waals surface area contributed by atoms with Crippen molar-refractivity contribution in [3.8, 4) is 16.3 Å². The number of amides is 1. The minimum atomic E-state index is 0.125. The number of carbonyl (C=O) groups excluding carboxylic acids is 1. The second kappa shape index (κ2) is 8.64. The Balaban J connectivity index is 1.70. The van der Waals surface area contributed by atoms with E-state index in [9.17, 15) is 4.79 Å². The lowest BCUT2D eigenvalue weighted by Crippen LogP contribution is -2.40. The second-order valence-electron chi connectivity index (χ2n) is 6.68. The van der Waals surface area contributed by atoms with Crippen molar-refractivity contribution < 1.29 is 9.53 Å². The lowest BCUT2D eigenvalue weighted by molar-refractivity contribution is 0.0695. The fraction of sp³-hybridized carbons (Fsp3) is 0.500. The van der Waals surface area contributed by atoms with E-state index >= 15 is 0 Å². The molecule has 140 valence electrons. The molecule has 5 nitrogen and oxygen atoms in total. The van der Waals surface area contributed by atoms with E-state index in [1.807, 2.05) is 50.1 Å². The third kappa shape index (κ3) is 4.24. The lowest BCUT2D eigenvalue weighted by Gasteiger charge is -2.31. The molecule has 0 spiro atoms. The van der Waals surface area contributed by atoms with Crippen LogP contribution in [0.1, 0.15) is 35.1 Å². The third-order valence-corrected chi connectivity index (χ3v) is 5.99. The van der Waals surface area contributed by atoms with Gasteiger partial charge in [-0.25, -0.2) is 4.98 Å². The van der Waals surface area contributed by atoms with Gasteiger partial charge in [0.1, 0.15) is 15.6 Å². The number of likely N-dealkylation sites (tertiary alicyclic amines) is 1. The number of hydrogen-bond acceptors (Lipinski definition) is 5. The molecule has 2 aromatic rings. The molecule has 1 aromatic heterocycles. The summed E-state index contributed by atoms with van der Waals surface area (Å²) in [4.78, 5) is 20.3. The first-order valence-electron chi connectivity index (χ1n) is 9.27. The van der Waals surface area contributed by atoms with Crippen molar-refractivity contribution in [1.82, 2.24) is 15.2 Å². The van der Waals surface area contributed by atoms with Crippen LogP contribution >= 0.6 is 11.3 Å². The number of carbonyl (C=O) groups is 1. The Morgan fingerprint density at radius 3 is 2.62 bits per heavy atom. The fourth-order valence-corrected chi connectivity index (χ4v) is 4.39. The highest BCUT2D eigenvalue weighted by Gasteiger charge is 2.26. The van der Waals surface area contributed by atoms with Crippen molar-refractivity contribution in [3.05, 3.63) is 34.8 Å². The molecule has 1 aliphatic heterocycles. The molecule has 0 bridgehead atoms. The Kier molecular flexibility index (Phi) is 6.27. The highest BCUT2D eigenvalue weighted by atomic mass is 32.1. The van der Waals surface area contributed by atoms with Crippen LogP contribution in [0.15, 0.2) is 24.3 Å². The average Bonchev–Trinajstić information content (AvgIpc) is 3.05. The van der Waals surface area contributed by atoms with Gasteiger partial charge in [0.25, 0.3) is 5.91 Å². The van der Waals surface area contributed by atoms with Gasteiger partial charge >= 0.3 is 0 Å². The van der Waals surface area contributed by atoms with Gasteiger partial charge in [-0.3, -0.25) is 4.79 Å². The van der Waals surface area contributed by atoms with Crippen molar-refractivity contribution in [2.75, 3.05) is 33.3 Å². The molecule has 0 aliphatic carbocycles. The van der Waals surface area contributed by atoms with Crippen LogP contribution < -0.4 is 10.1 Å². The van der Waals surface area contributed by atoms with Crippen molar-refractivity contribution in [2.45, 2.75) is 26.7 Å². The van der Waals surface area contributed by atoms with E-state index in [1.165, 1.54) is 11.3 Å². The van der Waals surface area contributed by atoms with Crippen LogP contribution in [0.5, 0.6) is 5.75 Å². The van der Waals surface area contributed by atoms with E-state index < -0.39 is 0 Å². The summed E-state index contributed by atoms with van der Waals surface area (Å²) in [6, 6.07) is 7.90. The van der Waals surface area contributed by atoms with Crippen LogP contribution in [0.25, 0.3) is 10.6 Å². The molecule has 1 aliphatic rings. The Labute approximate surface area is 159 Å². The first-order valence-corrected chi connectivity index (χ1v) is 10.1. The zero-order valence-corrected chi connectivity index (χ0v) is 16.6. The maximum atomic E-state index is 12.9. The minimum absolute atomic E-state index is 0.125. The molecule has 1 N–H and O–H groups in total. The first kappa shape index (κ1) is 18.9. The fourth-order valence-electron chi connectivity index (χ4n) is 3.35. The SMILES string of the molecule is CCOc1ccc(-c2nc(C)c(C(=O)N3CCC(CNC)CC3)s2)cc1. The molecule has 1 fully saturated rings. The van der Waals surface area contributed by atoms with E-state index in [0.717, 1.165) is 59.4 Å². The van der Waals surface area contributed by atoms with Gasteiger partial charge in [-0.05, 0) is 70.5 Å². The number of thiazole rings is 1. The van der Waals surface area contributed by atoms with Gasteiger partial charge in [0, 0.05) is 18.7 Å². The average molecular weight is 374 g/mol. The van der Waals surface area contributed by atoms with Gasteiger partial charge in [-0.2, -0.15) is 0 Å². The van der Waals surface area contributed by atoms with E-state index in [1.54, 1.807) is 0 Å². The number of piperidine rings is 1. The molecule has 0 atom stereocenters. The molecular formula is C20H27N3O2S. The maximum absolute atomic E-state index is 12.9. The van der Waals surface area contributed by atoms with Crippen molar-refractivity contribution in [1.29, 1.82) is 0 Å². The van der Waals surface area contributed by atoms with E-state index in [0.29, 0.717) is 12.5 Å². The zero-order chi connectivity index (χ0) is 18.5. The largest absolute Gasteiger partial charge is 0.494 e. The molecule has 0 saturated carbocycles. The van der Waals surface area contributed by atoms with Crippen LogP contribution in [0, 0.1) is 12.8 Å². The van der Waals surface area contributed by atoms with Gasteiger partial charge in [0.15, 0.2) is 0 Å². The molecular weight excluding hydrogens is 346 g/mol. The number of aromatic nitrogens is 1. The molecule has 1 aromatic carbocycles. The topological polar surface area (TPSA) is 54.5 Å². The quantitative estimate of drug-likeness (QED) is 0.841. The van der Waals surface area contributed by atoms with Gasteiger partial charge < -0.3 is 15.0 Å². The minimum Gasteiger partial charge on any atom is -0.494 e. The first-order chi connectivity index (χ1) is 12.6. The van der Waals surface area contributed by atoms with Crippen LogP contribution in [0.4, 0.5) is 0 Å². The van der Waals surface area contributed by atoms with E-state index in [4.69, 9.17) is 4.74 Å². The summed E-state index contributed by atoms with van der Waals surface area (Å²) in [5.74, 6) is 1.65. The van der Waals surface area contributed by atoms with E-state index in [-0.39, 0.29) is 5.91 Å². The van der Waals surface area contributed by atoms with Gasteiger partial charge in [0.05, 0.1) is 12.3 Å². The molecule has 1 amide bonds. The van der Waals surface area contributed by atoms with Gasteiger partial charge in [-0.1, -0.05) is 0 Å². The molecule has 2 heterocycles. The van der Waals surface area contributed by atoms with E-state index in [2.05, 4.69) is 10.3 Å². The second-order valence-corrected chi connectivity index (χ2v) is 7.68. The Morgan fingerprint density at radius 1 is 1.31 bits per heavy atom. The van der Waals surface area contributed by atoms with Gasteiger partial charge in [0.2, 0.25) is 0 Å². The lowest BCUT2D eigenvalue weighted by atomic mass is 9.97.